The molecule has 1 heteroatoms. The molecule has 1 fully saturated rings. The van der Waals surface area contributed by atoms with E-state index >= 15 is 0 Å². The van der Waals surface area contributed by atoms with E-state index in [0.29, 0.717) is 0 Å². The Morgan fingerprint density at radius 2 is 1.89 bits per heavy atom. The zero-order valence-electron chi connectivity index (χ0n) is 12.8. The van der Waals surface area contributed by atoms with Crippen molar-refractivity contribution < 1.29 is 0 Å². The molecular formula is C18H29N. The Bertz CT molecular complexity index is 368. The number of rotatable bonds is 5. The van der Waals surface area contributed by atoms with Crippen LogP contribution < -0.4 is 5.32 Å². The molecular weight excluding hydrogens is 230 g/mol. The first-order valence-corrected chi connectivity index (χ1v) is 7.95. The second-order valence-electron chi connectivity index (χ2n) is 6.30. The highest BCUT2D eigenvalue weighted by atomic mass is 14.8. The molecule has 1 saturated carbocycles. The molecule has 1 aliphatic carbocycles. The third-order valence-electron chi connectivity index (χ3n) is 4.77. The average molecular weight is 259 g/mol. The summed E-state index contributed by atoms with van der Waals surface area (Å²) in [6.45, 7) is 5.66. The van der Waals surface area contributed by atoms with Crippen LogP contribution in [0.1, 0.15) is 56.1 Å². The van der Waals surface area contributed by atoms with Gasteiger partial charge < -0.3 is 5.32 Å². The lowest BCUT2D eigenvalue weighted by atomic mass is 9.70. The number of benzene rings is 1. The predicted octanol–water partition coefficient (Wildman–Crippen LogP) is 4.51. The van der Waals surface area contributed by atoms with Crippen LogP contribution in [-0.2, 0) is 0 Å². The molecule has 0 spiro atoms. The van der Waals surface area contributed by atoms with E-state index in [9.17, 15) is 0 Å². The summed E-state index contributed by atoms with van der Waals surface area (Å²) in [4.78, 5) is 0. The molecule has 1 aliphatic rings. The smallest absolute Gasteiger partial charge is 0.00177 e. The number of nitrogens with one attached hydrogen (secondary N) is 1. The topological polar surface area (TPSA) is 12.0 Å². The summed E-state index contributed by atoms with van der Waals surface area (Å²) in [6, 6.07) is 9.26. The van der Waals surface area contributed by atoms with E-state index in [0.717, 1.165) is 24.3 Å². The first-order valence-electron chi connectivity index (χ1n) is 7.95. The van der Waals surface area contributed by atoms with Gasteiger partial charge in [0.2, 0.25) is 0 Å². The Hall–Kier alpha value is -0.820. The molecule has 1 N–H and O–H groups in total. The maximum Gasteiger partial charge on any atom is -0.00177 e. The molecule has 0 aromatic heterocycles. The van der Waals surface area contributed by atoms with Gasteiger partial charge in [0.1, 0.15) is 0 Å². The minimum atomic E-state index is 0.762. The predicted molar refractivity (Wildman–Crippen MR) is 83.6 cm³/mol. The molecule has 2 rings (SSSR count). The molecule has 19 heavy (non-hydrogen) atoms. The summed E-state index contributed by atoms with van der Waals surface area (Å²) < 4.78 is 0. The van der Waals surface area contributed by atoms with Gasteiger partial charge in [-0.2, -0.15) is 0 Å². The number of hydrogen-bond donors (Lipinski definition) is 1. The van der Waals surface area contributed by atoms with Crippen LogP contribution in [0.4, 0.5) is 0 Å². The fourth-order valence-corrected chi connectivity index (χ4v) is 3.72. The molecule has 3 unspecified atom stereocenters. The molecule has 1 aromatic carbocycles. The lowest BCUT2D eigenvalue weighted by molar-refractivity contribution is 0.223. The molecule has 3 atom stereocenters. The molecule has 106 valence electrons. The Labute approximate surface area is 118 Å². The normalized spacial score (nSPS) is 27.4. The second-order valence-corrected chi connectivity index (χ2v) is 6.30. The molecule has 1 aromatic rings. The van der Waals surface area contributed by atoms with Crippen LogP contribution in [0.25, 0.3) is 0 Å². The Morgan fingerprint density at radius 3 is 2.53 bits per heavy atom. The van der Waals surface area contributed by atoms with Gasteiger partial charge in [0.15, 0.2) is 0 Å². The maximum atomic E-state index is 3.40. The van der Waals surface area contributed by atoms with E-state index in [2.05, 4.69) is 50.5 Å². The second kappa shape index (κ2) is 7.09. The quantitative estimate of drug-likeness (QED) is 0.820. The van der Waals surface area contributed by atoms with Crippen LogP contribution in [0.5, 0.6) is 0 Å². The van der Waals surface area contributed by atoms with Crippen LogP contribution in [0, 0.1) is 18.8 Å². The van der Waals surface area contributed by atoms with Gasteiger partial charge in [0.05, 0.1) is 0 Å². The highest BCUT2D eigenvalue weighted by Gasteiger charge is 2.30. The lowest BCUT2D eigenvalue weighted by Gasteiger charge is -2.36. The maximum absolute atomic E-state index is 3.40. The molecule has 0 heterocycles. The van der Waals surface area contributed by atoms with Crippen molar-refractivity contribution in [3.05, 3.63) is 35.4 Å². The van der Waals surface area contributed by atoms with Crippen LogP contribution in [0.15, 0.2) is 24.3 Å². The Kier molecular flexibility index (Phi) is 5.45. The van der Waals surface area contributed by atoms with Gasteiger partial charge in [-0.3, -0.25) is 0 Å². The summed E-state index contributed by atoms with van der Waals surface area (Å²) in [5, 5.41) is 3.40. The van der Waals surface area contributed by atoms with Crippen molar-refractivity contribution in [3.63, 3.8) is 0 Å². The zero-order valence-corrected chi connectivity index (χ0v) is 12.8. The fraction of sp³-hybridized carbons (Fsp3) is 0.667. The first kappa shape index (κ1) is 14.6. The van der Waals surface area contributed by atoms with E-state index in [4.69, 9.17) is 0 Å². The van der Waals surface area contributed by atoms with E-state index in [1.54, 1.807) is 5.56 Å². The molecule has 0 amide bonds. The van der Waals surface area contributed by atoms with E-state index in [-0.39, 0.29) is 0 Å². The SMILES string of the molecule is CCCC1CCC(CNC)C(c2ccc(C)cc2)C1. The number of aryl methyl sites for hydroxylation is 1. The third kappa shape index (κ3) is 3.82. The van der Waals surface area contributed by atoms with Crippen molar-refractivity contribution in [2.75, 3.05) is 13.6 Å². The van der Waals surface area contributed by atoms with Crippen molar-refractivity contribution in [1.82, 2.24) is 5.32 Å². The summed E-state index contributed by atoms with van der Waals surface area (Å²) in [7, 11) is 2.09. The van der Waals surface area contributed by atoms with Gasteiger partial charge >= 0.3 is 0 Å². The average Bonchev–Trinajstić information content (AvgIpc) is 2.42. The monoisotopic (exact) mass is 259 g/mol. The summed E-state index contributed by atoms with van der Waals surface area (Å²) in [5.74, 6) is 2.53. The molecule has 0 radical (unpaired) electrons. The lowest BCUT2D eigenvalue weighted by Crippen LogP contribution is -2.30. The Balaban J connectivity index is 2.12. The molecule has 1 nitrogen and oxygen atoms in total. The Morgan fingerprint density at radius 1 is 1.16 bits per heavy atom. The van der Waals surface area contributed by atoms with Crippen molar-refractivity contribution in [3.8, 4) is 0 Å². The molecule has 0 bridgehead atoms. The van der Waals surface area contributed by atoms with E-state index in [1.165, 1.54) is 37.7 Å². The summed E-state index contributed by atoms with van der Waals surface area (Å²) >= 11 is 0. The molecule has 0 saturated heterocycles. The van der Waals surface area contributed by atoms with Gasteiger partial charge in [-0.15, -0.1) is 0 Å². The van der Waals surface area contributed by atoms with Gasteiger partial charge in [-0.25, -0.2) is 0 Å². The molecule has 0 aliphatic heterocycles. The van der Waals surface area contributed by atoms with Crippen molar-refractivity contribution in [2.45, 2.75) is 51.9 Å². The van der Waals surface area contributed by atoms with Crippen molar-refractivity contribution in [2.24, 2.45) is 11.8 Å². The van der Waals surface area contributed by atoms with Crippen molar-refractivity contribution >= 4 is 0 Å². The zero-order chi connectivity index (χ0) is 13.7. The highest BCUT2D eigenvalue weighted by Crippen LogP contribution is 2.41. The minimum Gasteiger partial charge on any atom is -0.319 e. The fourth-order valence-electron chi connectivity index (χ4n) is 3.72. The number of hydrogen-bond acceptors (Lipinski definition) is 1. The van der Waals surface area contributed by atoms with Crippen LogP contribution >= 0.6 is 0 Å². The van der Waals surface area contributed by atoms with Gasteiger partial charge in [-0.1, -0.05) is 56.0 Å². The standard InChI is InChI=1S/C18H29N/c1-4-5-15-8-11-17(13-19-3)18(12-15)16-9-6-14(2)7-10-16/h6-7,9-10,15,17-19H,4-5,8,11-13H2,1-3H3. The van der Waals surface area contributed by atoms with Gasteiger partial charge in [0.25, 0.3) is 0 Å². The third-order valence-corrected chi connectivity index (χ3v) is 4.77. The summed E-state index contributed by atoms with van der Waals surface area (Å²) in [6.07, 6.45) is 6.96. The first-order chi connectivity index (χ1) is 9.24. The van der Waals surface area contributed by atoms with E-state index < -0.39 is 0 Å². The van der Waals surface area contributed by atoms with E-state index in [1.807, 2.05) is 0 Å². The van der Waals surface area contributed by atoms with Gasteiger partial charge in [-0.05, 0) is 56.7 Å². The van der Waals surface area contributed by atoms with Crippen molar-refractivity contribution in [1.29, 1.82) is 0 Å². The van der Waals surface area contributed by atoms with Crippen LogP contribution in [0.2, 0.25) is 0 Å². The summed E-state index contributed by atoms with van der Waals surface area (Å²) in [5.41, 5.74) is 2.93. The van der Waals surface area contributed by atoms with Crippen LogP contribution in [0.3, 0.4) is 0 Å². The largest absolute Gasteiger partial charge is 0.319 e. The van der Waals surface area contributed by atoms with Gasteiger partial charge in [0, 0.05) is 0 Å². The highest BCUT2D eigenvalue weighted by molar-refractivity contribution is 5.25. The van der Waals surface area contributed by atoms with Crippen LogP contribution in [-0.4, -0.2) is 13.6 Å². The minimum absolute atomic E-state index is 0.762.